The van der Waals surface area contributed by atoms with Gasteiger partial charge in [0, 0.05) is 33.2 Å². The van der Waals surface area contributed by atoms with Crippen LogP contribution in [0.1, 0.15) is 0 Å². The standard InChI is InChI=1S/C14H12BrCl2N/c15-11-3-6-13(14(9-11)18-8-7-16)10-1-4-12(17)5-2-10/h1-6,9,18H,7-8H2. The summed E-state index contributed by atoms with van der Waals surface area (Å²) in [5.74, 6) is 0.576. The van der Waals surface area contributed by atoms with Crippen LogP contribution in [0.5, 0.6) is 0 Å². The van der Waals surface area contributed by atoms with Crippen LogP contribution in [0.25, 0.3) is 11.1 Å². The molecule has 2 aromatic carbocycles. The molecule has 2 rings (SSSR count). The van der Waals surface area contributed by atoms with Crippen molar-refractivity contribution in [1.82, 2.24) is 0 Å². The molecule has 4 heteroatoms. The van der Waals surface area contributed by atoms with Gasteiger partial charge in [-0.2, -0.15) is 0 Å². The first-order valence-corrected chi connectivity index (χ1v) is 7.26. The average Bonchev–Trinajstić information content (AvgIpc) is 2.38. The second-order valence-corrected chi connectivity index (χ2v) is 5.54. The summed E-state index contributed by atoms with van der Waals surface area (Å²) in [6.07, 6.45) is 0. The lowest BCUT2D eigenvalue weighted by Gasteiger charge is -2.12. The third-order valence-corrected chi connectivity index (χ3v) is 3.48. The van der Waals surface area contributed by atoms with Gasteiger partial charge in [0.15, 0.2) is 0 Å². The molecule has 0 saturated heterocycles. The number of rotatable bonds is 4. The minimum atomic E-state index is 0.576. The quantitative estimate of drug-likeness (QED) is 0.730. The zero-order chi connectivity index (χ0) is 13.0. The molecule has 0 amide bonds. The molecule has 94 valence electrons. The zero-order valence-corrected chi connectivity index (χ0v) is 12.7. The van der Waals surface area contributed by atoms with E-state index in [0.717, 1.165) is 32.9 Å². The van der Waals surface area contributed by atoms with Crippen LogP contribution in [-0.4, -0.2) is 12.4 Å². The average molecular weight is 345 g/mol. The molecule has 0 spiro atoms. The van der Waals surface area contributed by atoms with Gasteiger partial charge < -0.3 is 5.32 Å². The first-order chi connectivity index (χ1) is 8.70. The van der Waals surface area contributed by atoms with Gasteiger partial charge in [-0.3, -0.25) is 0 Å². The summed E-state index contributed by atoms with van der Waals surface area (Å²) in [5.41, 5.74) is 3.33. The number of halogens is 3. The van der Waals surface area contributed by atoms with Gasteiger partial charge in [0.1, 0.15) is 0 Å². The highest BCUT2D eigenvalue weighted by Gasteiger charge is 2.05. The summed E-state index contributed by atoms with van der Waals surface area (Å²) in [5, 5.41) is 4.06. The van der Waals surface area contributed by atoms with Crippen LogP contribution >= 0.6 is 39.1 Å². The van der Waals surface area contributed by atoms with Gasteiger partial charge in [-0.25, -0.2) is 0 Å². The Morgan fingerprint density at radius 3 is 2.44 bits per heavy atom. The van der Waals surface area contributed by atoms with E-state index in [9.17, 15) is 0 Å². The van der Waals surface area contributed by atoms with Crippen LogP contribution in [0.4, 0.5) is 5.69 Å². The van der Waals surface area contributed by atoms with Crippen molar-refractivity contribution in [3.05, 3.63) is 52.0 Å². The molecule has 0 atom stereocenters. The van der Waals surface area contributed by atoms with E-state index < -0.39 is 0 Å². The number of benzene rings is 2. The molecule has 0 aliphatic heterocycles. The summed E-state index contributed by atoms with van der Waals surface area (Å²) in [6.45, 7) is 0.735. The lowest BCUT2D eigenvalue weighted by Crippen LogP contribution is -2.03. The van der Waals surface area contributed by atoms with Crippen LogP contribution in [0.15, 0.2) is 46.9 Å². The summed E-state index contributed by atoms with van der Waals surface area (Å²) >= 11 is 15.1. The molecule has 0 aliphatic carbocycles. The topological polar surface area (TPSA) is 12.0 Å². The van der Waals surface area contributed by atoms with Crippen molar-refractivity contribution in [2.45, 2.75) is 0 Å². The molecule has 0 unspecified atom stereocenters. The first-order valence-electron chi connectivity index (χ1n) is 5.56. The van der Waals surface area contributed by atoms with Gasteiger partial charge in [-0.1, -0.05) is 45.7 Å². The highest BCUT2D eigenvalue weighted by molar-refractivity contribution is 9.10. The van der Waals surface area contributed by atoms with E-state index in [0.29, 0.717) is 5.88 Å². The Balaban J connectivity index is 2.39. The fourth-order valence-electron chi connectivity index (χ4n) is 1.73. The smallest absolute Gasteiger partial charge is 0.0431 e. The van der Waals surface area contributed by atoms with E-state index in [1.165, 1.54) is 0 Å². The minimum absolute atomic E-state index is 0.576. The molecule has 0 aromatic heterocycles. The van der Waals surface area contributed by atoms with Crippen molar-refractivity contribution in [3.63, 3.8) is 0 Å². The van der Waals surface area contributed by atoms with E-state index in [-0.39, 0.29) is 0 Å². The summed E-state index contributed by atoms with van der Waals surface area (Å²) in [4.78, 5) is 0. The second-order valence-electron chi connectivity index (χ2n) is 3.81. The molecular formula is C14H12BrCl2N. The molecule has 2 aromatic rings. The lowest BCUT2D eigenvalue weighted by atomic mass is 10.0. The maximum Gasteiger partial charge on any atom is 0.0431 e. The fourth-order valence-corrected chi connectivity index (χ4v) is 2.31. The van der Waals surface area contributed by atoms with Crippen molar-refractivity contribution in [2.24, 2.45) is 0 Å². The van der Waals surface area contributed by atoms with Gasteiger partial charge in [0.25, 0.3) is 0 Å². The molecule has 18 heavy (non-hydrogen) atoms. The zero-order valence-electron chi connectivity index (χ0n) is 9.59. The third kappa shape index (κ3) is 3.41. The lowest BCUT2D eigenvalue weighted by molar-refractivity contribution is 1.22. The van der Waals surface area contributed by atoms with Crippen molar-refractivity contribution >= 4 is 44.8 Å². The number of hydrogen-bond donors (Lipinski definition) is 1. The Hall–Kier alpha value is -0.700. The highest BCUT2D eigenvalue weighted by atomic mass is 79.9. The van der Waals surface area contributed by atoms with Crippen LogP contribution in [-0.2, 0) is 0 Å². The van der Waals surface area contributed by atoms with E-state index in [1.54, 1.807) is 0 Å². The Kier molecular flexibility index (Phi) is 4.93. The third-order valence-electron chi connectivity index (χ3n) is 2.55. The predicted molar refractivity (Wildman–Crippen MR) is 83.8 cm³/mol. The molecule has 0 aliphatic rings. The minimum Gasteiger partial charge on any atom is -0.383 e. The molecule has 0 saturated carbocycles. The van der Waals surface area contributed by atoms with E-state index in [2.05, 4.69) is 33.4 Å². The monoisotopic (exact) mass is 343 g/mol. The summed E-state index contributed by atoms with van der Waals surface area (Å²) in [6, 6.07) is 14.0. The van der Waals surface area contributed by atoms with Crippen molar-refractivity contribution in [2.75, 3.05) is 17.7 Å². The second kappa shape index (κ2) is 6.46. The largest absolute Gasteiger partial charge is 0.383 e. The number of hydrogen-bond acceptors (Lipinski definition) is 1. The number of nitrogens with one attached hydrogen (secondary N) is 1. The van der Waals surface area contributed by atoms with Crippen molar-refractivity contribution in [1.29, 1.82) is 0 Å². The molecule has 0 radical (unpaired) electrons. The Morgan fingerprint density at radius 2 is 1.78 bits per heavy atom. The van der Waals surface area contributed by atoms with E-state index in [4.69, 9.17) is 23.2 Å². The van der Waals surface area contributed by atoms with Crippen molar-refractivity contribution < 1.29 is 0 Å². The fraction of sp³-hybridized carbons (Fsp3) is 0.143. The number of alkyl halides is 1. The normalized spacial score (nSPS) is 10.4. The highest BCUT2D eigenvalue weighted by Crippen LogP contribution is 2.31. The van der Waals surface area contributed by atoms with Crippen LogP contribution in [0.3, 0.4) is 0 Å². The van der Waals surface area contributed by atoms with Crippen LogP contribution < -0.4 is 5.32 Å². The van der Waals surface area contributed by atoms with Crippen LogP contribution in [0.2, 0.25) is 5.02 Å². The molecule has 1 nitrogen and oxygen atoms in total. The summed E-state index contributed by atoms with van der Waals surface area (Å²) < 4.78 is 1.04. The van der Waals surface area contributed by atoms with Crippen molar-refractivity contribution in [3.8, 4) is 11.1 Å². The van der Waals surface area contributed by atoms with E-state index in [1.807, 2.05) is 30.3 Å². The van der Waals surface area contributed by atoms with Gasteiger partial charge in [-0.15, -0.1) is 11.6 Å². The van der Waals surface area contributed by atoms with Gasteiger partial charge >= 0.3 is 0 Å². The first kappa shape index (κ1) is 13.7. The summed E-state index contributed by atoms with van der Waals surface area (Å²) in [7, 11) is 0. The Labute approximate surface area is 125 Å². The Bertz CT molecular complexity index is 526. The maximum absolute atomic E-state index is 5.91. The van der Waals surface area contributed by atoms with E-state index >= 15 is 0 Å². The molecular weight excluding hydrogens is 333 g/mol. The van der Waals surface area contributed by atoms with Gasteiger partial charge in [0.05, 0.1) is 0 Å². The van der Waals surface area contributed by atoms with Gasteiger partial charge in [-0.05, 0) is 29.8 Å². The predicted octanol–water partition coefficient (Wildman–Crippen LogP) is 5.42. The molecule has 0 bridgehead atoms. The SMILES string of the molecule is ClCCNc1cc(Br)ccc1-c1ccc(Cl)cc1. The Morgan fingerprint density at radius 1 is 1.06 bits per heavy atom. The number of anilines is 1. The maximum atomic E-state index is 5.91. The van der Waals surface area contributed by atoms with Crippen LogP contribution in [0, 0.1) is 0 Å². The molecule has 0 fully saturated rings. The molecule has 0 heterocycles. The molecule has 1 N–H and O–H groups in total. The van der Waals surface area contributed by atoms with Gasteiger partial charge in [0.2, 0.25) is 0 Å².